The van der Waals surface area contributed by atoms with E-state index in [9.17, 15) is 5.11 Å². The van der Waals surface area contributed by atoms with Crippen molar-refractivity contribution in [3.63, 3.8) is 0 Å². The summed E-state index contributed by atoms with van der Waals surface area (Å²) in [5, 5.41) is 13.0. The van der Waals surface area contributed by atoms with E-state index < -0.39 is 6.10 Å². The van der Waals surface area contributed by atoms with E-state index >= 15 is 0 Å². The van der Waals surface area contributed by atoms with Gasteiger partial charge >= 0.3 is 0 Å². The molecule has 2 rings (SSSR count). The second-order valence-corrected chi connectivity index (χ2v) is 5.92. The Morgan fingerprint density at radius 2 is 2.11 bits per heavy atom. The fraction of sp³-hybridized carbons (Fsp3) is 0.333. The number of hydrogen-bond donors (Lipinski definition) is 1. The Balaban J connectivity index is 2.26. The van der Waals surface area contributed by atoms with Crippen LogP contribution in [0.15, 0.2) is 23.6 Å². The molecule has 0 saturated carbocycles. The normalized spacial score (nSPS) is 12.5. The van der Waals surface area contributed by atoms with Crippen molar-refractivity contribution in [1.29, 1.82) is 0 Å². The molecular formula is C15H17ClO2S. The standard InChI is InChI=1S/C15H17ClO2S/c1-9-4-5-13(18-3)11(6-9)7-12(17)15-14(16)10(2)8-19-15/h4-6,8,12,17H,7H2,1-3H3. The van der Waals surface area contributed by atoms with Crippen LogP contribution in [0.4, 0.5) is 0 Å². The lowest BCUT2D eigenvalue weighted by Gasteiger charge is -2.13. The van der Waals surface area contributed by atoms with E-state index in [2.05, 4.69) is 0 Å². The van der Waals surface area contributed by atoms with Crippen LogP contribution < -0.4 is 4.74 Å². The molecule has 19 heavy (non-hydrogen) atoms. The third-order valence-electron chi connectivity index (χ3n) is 3.08. The van der Waals surface area contributed by atoms with E-state index in [0.717, 1.165) is 27.3 Å². The van der Waals surface area contributed by atoms with E-state index in [1.165, 1.54) is 11.3 Å². The second kappa shape index (κ2) is 5.95. The van der Waals surface area contributed by atoms with Crippen LogP contribution in [-0.2, 0) is 6.42 Å². The third kappa shape index (κ3) is 3.11. The zero-order valence-electron chi connectivity index (χ0n) is 11.2. The molecule has 2 nitrogen and oxygen atoms in total. The van der Waals surface area contributed by atoms with Gasteiger partial charge < -0.3 is 9.84 Å². The first-order chi connectivity index (χ1) is 9.02. The fourth-order valence-corrected chi connectivity index (χ4v) is 3.35. The number of benzene rings is 1. The fourth-order valence-electron chi connectivity index (χ4n) is 2.04. The molecule has 1 atom stereocenters. The maximum absolute atomic E-state index is 10.3. The maximum Gasteiger partial charge on any atom is 0.122 e. The lowest BCUT2D eigenvalue weighted by atomic mass is 10.0. The van der Waals surface area contributed by atoms with Crippen LogP contribution in [0, 0.1) is 13.8 Å². The van der Waals surface area contributed by atoms with Gasteiger partial charge in [-0.3, -0.25) is 0 Å². The number of halogens is 1. The first-order valence-corrected chi connectivity index (χ1v) is 7.33. The molecule has 1 unspecified atom stereocenters. The number of methoxy groups -OCH3 is 1. The van der Waals surface area contributed by atoms with Gasteiger partial charge in [0.2, 0.25) is 0 Å². The van der Waals surface area contributed by atoms with E-state index in [4.69, 9.17) is 16.3 Å². The van der Waals surface area contributed by atoms with Crippen molar-refractivity contribution in [2.24, 2.45) is 0 Å². The zero-order chi connectivity index (χ0) is 14.0. The first-order valence-electron chi connectivity index (χ1n) is 6.08. The largest absolute Gasteiger partial charge is 0.496 e. The average molecular weight is 297 g/mol. The number of ether oxygens (including phenoxy) is 1. The summed E-state index contributed by atoms with van der Waals surface area (Å²) in [5.41, 5.74) is 3.16. The molecule has 102 valence electrons. The van der Waals surface area contributed by atoms with Gasteiger partial charge in [-0.25, -0.2) is 0 Å². The summed E-state index contributed by atoms with van der Waals surface area (Å²) in [4.78, 5) is 0.822. The van der Waals surface area contributed by atoms with Crippen molar-refractivity contribution in [3.05, 3.63) is 50.2 Å². The molecule has 0 radical (unpaired) electrons. The van der Waals surface area contributed by atoms with Crippen LogP contribution in [-0.4, -0.2) is 12.2 Å². The van der Waals surface area contributed by atoms with Gasteiger partial charge in [-0.15, -0.1) is 11.3 Å². The van der Waals surface area contributed by atoms with Gasteiger partial charge in [0, 0.05) is 6.42 Å². The number of thiophene rings is 1. The van der Waals surface area contributed by atoms with Gasteiger partial charge in [0.05, 0.1) is 23.1 Å². The topological polar surface area (TPSA) is 29.5 Å². The van der Waals surface area contributed by atoms with Gasteiger partial charge in [0.15, 0.2) is 0 Å². The quantitative estimate of drug-likeness (QED) is 0.911. The third-order valence-corrected chi connectivity index (χ3v) is 4.89. The summed E-state index contributed by atoms with van der Waals surface area (Å²) in [6.07, 6.45) is -0.0910. The molecule has 1 aromatic heterocycles. The maximum atomic E-state index is 10.3. The molecule has 0 saturated heterocycles. The Hall–Kier alpha value is -1.03. The van der Waals surface area contributed by atoms with Crippen LogP contribution in [0.1, 0.15) is 27.7 Å². The molecule has 0 bridgehead atoms. The van der Waals surface area contributed by atoms with Gasteiger partial charge in [0.25, 0.3) is 0 Å². The Morgan fingerprint density at radius 1 is 1.37 bits per heavy atom. The lowest BCUT2D eigenvalue weighted by Crippen LogP contribution is -2.02. The van der Waals surface area contributed by atoms with E-state index in [1.807, 2.05) is 37.4 Å². The van der Waals surface area contributed by atoms with Crippen molar-refractivity contribution in [2.75, 3.05) is 7.11 Å². The van der Waals surface area contributed by atoms with Gasteiger partial charge in [-0.1, -0.05) is 29.3 Å². The van der Waals surface area contributed by atoms with Crippen LogP contribution in [0.3, 0.4) is 0 Å². The summed E-state index contributed by atoms with van der Waals surface area (Å²) in [5.74, 6) is 0.800. The molecule has 0 fully saturated rings. The summed E-state index contributed by atoms with van der Waals surface area (Å²) in [7, 11) is 1.64. The van der Waals surface area contributed by atoms with Gasteiger partial charge in [-0.05, 0) is 36.4 Å². The monoisotopic (exact) mass is 296 g/mol. The van der Waals surface area contributed by atoms with Crippen molar-refractivity contribution < 1.29 is 9.84 Å². The number of hydrogen-bond acceptors (Lipinski definition) is 3. The highest BCUT2D eigenvalue weighted by molar-refractivity contribution is 7.10. The number of rotatable bonds is 4. The van der Waals surface area contributed by atoms with Crippen LogP contribution in [0.5, 0.6) is 5.75 Å². The lowest BCUT2D eigenvalue weighted by molar-refractivity contribution is 0.181. The van der Waals surface area contributed by atoms with Gasteiger partial charge in [0.1, 0.15) is 5.75 Å². The molecule has 0 aliphatic heterocycles. The summed E-state index contributed by atoms with van der Waals surface area (Å²) < 4.78 is 5.33. The van der Waals surface area contributed by atoms with Crippen LogP contribution in [0.25, 0.3) is 0 Å². The van der Waals surface area contributed by atoms with Crippen molar-refractivity contribution in [2.45, 2.75) is 26.4 Å². The number of aliphatic hydroxyl groups excluding tert-OH is 1. The molecule has 0 aliphatic carbocycles. The average Bonchev–Trinajstić information content (AvgIpc) is 2.70. The van der Waals surface area contributed by atoms with E-state index in [1.54, 1.807) is 7.11 Å². The predicted molar refractivity (Wildman–Crippen MR) is 80.5 cm³/mol. The first kappa shape index (κ1) is 14.4. The van der Waals surface area contributed by atoms with E-state index in [0.29, 0.717) is 11.4 Å². The number of aliphatic hydroxyl groups is 1. The van der Waals surface area contributed by atoms with Crippen molar-refractivity contribution >= 4 is 22.9 Å². The molecule has 0 aliphatic rings. The Bertz CT molecular complexity index is 578. The Morgan fingerprint density at radius 3 is 2.68 bits per heavy atom. The summed E-state index contributed by atoms with van der Waals surface area (Å²) in [6, 6.07) is 5.96. The highest BCUT2D eigenvalue weighted by atomic mass is 35.5. The Kier molecular flexibility index (Phi) is 4.50. The van der Waals surface area contributed by atoms with Crippen LogP contribution >= 0.6 is 22.9 Å². The molecule has 2 aromatic rings. The minimum atomic E-state index is -0.595. The van der Waals surface area contributed by atoms with Gasteiger partial charge in [-0.2, -0.15) is 0 Å². The molecule has 0 spiro atoms. The minimum absolute atomic E-state index is 0.504. The highest BCUT2D eigenvalue weighted by Crippen LogP contribution is 2.35. The van der Waals surface area contributed by atoms with E-state index in [-0.39, 0.29) is 0 Å². The minimum Gasteiger partial charge on any atom is -0.496 e. The zero-order valence-corrected chi connectivity index (χ0v) is 12.8. The second-order valence-electron chi connectivity index (χ2n) is 4.63. The smallest absolute Gasteiger partial charge is 0.122 e. The molecule has 4 heteroatoms. The number of aryl methyl sites for hydroxylation is 2. The predicted octanol–water partition coefficient (Wildman–Crippen LogP) is 4.30. The summed E-state index contributed by atoms with van der Waals surface area (Å²) in [6.45, 7) is 3.97. The SMILES string of the molecule is COc1ccc(C)cc1CC(O)c1scc(C)c1Cl. The van der Waals surface area contributed by atoms with Crippen molar-refractivity contribution in [3.8, 4) is 5.75 Å². The van der Waals surface area contributed by atoms with Crippen molar-refractivity contribution in [1.82, 2.24) is 0 Å². The Labute approximate surface area is 122 Å². The van der Waals surface area contributed by atoms with Crippen LogP contribution in [0.2, 0.25) is 5.02 Å². The summed E-state index contributed by atoms with van der Waals surface area (Å²) >= 11 is 7.69. The molecule has 0 amide bonds. The molecule has 1 heterocycles. The molecule has 1 N–H and O–H groups in total. The highest BCUT2D eigenvalue weighted by Gasteiger charge is 2.17. The molecule has 1 aromatic carbocycles. The molecular weight excluding hydrogens is 280 g/mol.